The summed E-state index contributed by atoms with van der Waals surface area (Å²) < 4.78 is 0. The molecule has 4 N–H and O–H groups in total. The molecular formula is C20H23N5O4S. The van der Waals surface area contributed by atoms with Gasteiger partial charge < -0.3 is 21.3 Å². The topological polar surface area (TPSA) is 134 Å². The summed E-state index contributed by atoms with van der Waals surface area (Å²) in [4.78, 5) is 55.6. The number of piperidine rings is 1. The van der Waals surface area contributed by atoms with Gasteiger partial charge in [-0.15, -0.1) is 11.3 Å². The largest absolute Gasteiger partial charge is 0.366 e. The molecule has 1 saturated heterocycles. The van der Waals surface area contributed by atoms with Crippen molar-refractivity contribution in [2.45, 2.75) is 25.8 Å². The standard InChI is InChI=1S/C20H23N5O4S/c1-11-3-4-14(15-5-6-16(30-15)18(27)22-2)25(10-11)20(29)19(28)24-13-7-12(17(21)26)8-23-9-13/h5-9,11,14H,3-4,10H2,1-2H3,(H2,21,26)(H,22,27)(H,24,28)/t11-,14+/m0/s1. The fourth-order valence-electron chi connectivity index (χ4n) is 3.41. The minimum atomic E-state index is -0.819. The highest BCUT2D eigenvalue weighted by atomic mass is 32.1. The number of hydrogen-bond donors (Lipinski definition) is 3. The van der Waals surface area contributed by atoms with Crippen LogP contribution in [0, 0.1) is 5.92 Å². The second kappa shape index (κ2) is 9.04. The highest BCUT2D eigenvalue weighted by Crippen LogP contribution is 2.37. The molecule has 1 aliphatic rings. The van der Waals surface area contributed by atoms with E-state index in [1.165, 1.54) is 29.8 Å². The number of likely N-dealkylation sites (tertiary alicyclic amines) is 1. The Kier molecular flexibility index (Phi) is 6.46. The van der Waals surface area contributed by atoms with E-state index < -0.39 is 17.7 Å². The van der Waals surface area contributed by atoms with Gasteiger partial charge in [0.25, 0.3) is 5.91 Å². The molecule has 4 amide bonds. The number of primary amides is 1. The number of nitrogens with zero attached hydrogens (tertiary/aromatic N) is 2. The molecule has 1 fully saturated rings. The van der Waals surface area contributed by atoms with E-state index in [2.05, 4.69) is 15.6 Å². The van der Waals surface area contributed by atoms with Gasteiger partial charge in [0.2, 0.25) is 5.91 Å². The zero-order valence-electron chi connectivity index (χ0n) is 16.7. The van der Waals surface area contributed by atoms with Crippen LogP contribution < -0.4 is 16.4 Å². The van der Waals surface area contributed by atoms with Crippen LogP contribution in [0.25, 0.3) is 0 Å². The zero-order valence-corrected chi connectivity index (χ0v) is 17.5. The average molecular weight is 430 g/mol. The van der Waals surface area contributed by atoms with Crippen molar-refractivity contribution < 1.29 is 19.2 Å². The van der Waals surface area contributed by atoms with Crippen LogP contribution in [0.3, 0.4) is 0 Å². The van der Waals surface area contributed by atoms with Crippen LogP contribution >= 0.6 is 11.3 Å². The Bertz CT molecular complexity index is 989. The van der Waals surface area contributed by atoms with Gasteiger partial charge in [-0.2, -0.15) is 0 Å². The second-order valence-corrected chi connectivity index (χ2v) is 8.33. The first-order valence-electron chi connectivity index (χ1n) is 9.48. The maximum Gasteiger partial charge on any atom is 0.313 e. The zero-order chi connectivity index (χ0) is 21.8. The number of carbonyl (C=O) groups is 4. The fraction of sp³-hybridized carbons (Fsp3) is 0.350. The Balaban J connectivity index is 1.79. The van der Waals surface area contributed by atoms with Gasteiger partial charge in [0.1, 0.15) is 0 Å². The number of amides is 4. The number of nitrogens with one attached hydrogen (secondary N) is 2. The van der Waals surface area contributed by atoms with Crippen LogP contribution in [-0.2, 0) is 9.59 Å². The molecule has 2 aromatic heterocycles. The summed E-state index contributed by atoms with van der Waals surface area (Å²) in [6, 6.07) is 4.64. The van der Waals surface area contributed by atoms with Gasteiger partial charge in [-0.1, -0.05) is 6.92 Å². The Morgan fingerprint density at radius 2 is 1.97 bits per heavy atom. The number of hydrogen-bond acceptors (Lipinski definition) is 6. The van der Waals surface area contributed by atoms with Gasteiger partial charge in [-0.05, 0) is 37.0 Å². The number of aromatic nitrogens is 1. The highest BCUT2D eigenvalue weighted by molar-refractivity contribution is 7.14. The van der Waals surface area contributed by atoms with Crippen LogP contribution in [0.1, 0.15) is 50.7 Å². The van der Waals surface area contributed by atoms with Crippen molar-refractivity contribution in [1.82, 2.24) is 15.2 Å². The lowest BCUT2D eigenvalue weighted by atomic mass is 9.93. The van der Waals surface area contributed by atoms with E-state index in [9.17, 15) is 19.2 Å². The molecule has 0 aliphatic carbocycles. The normalized spacial score (nSPS) is 18.5. The molecule has 3 heterocycles. The third-order valence-electron chi connectivity index (χ3n) is 4.96. The first kappa shape index (κ1) is 21.4. The maximum atomic E-state index is 13.0. The molecule has 0 spiro atoms. The summed E-state index contributed by atoms with van der Waals surface area (Å²) in [7, 11) is 1.56. The minimum absolute atomic E-state index is 0.130. The van der Waals surface area contributed by atoms with Crippen LogP contribution in [0.5, 0.6) is 0 Å². The summed E-state index contributed by atoms with van der Waals surface area (Å²) in [6.45, 7) is 2.46. The van der Waals surface area contributed by atoms with E-state index in [-0.39, 0.29) is 29.1 Å². The molecule has 0 unspecified atom stereocenters. The molecule has 0 radical (unpaired) electrons. The van der Waals surface area contributed by atoms with Crippen LogP contribution in [0.15, 0.2) is 30.6 Å². The third-order valence-corrected chi connectivity index (χ3v) is 6.14. The number of nitrogens with two attached hydrogens (primary N) is 1. The Morgan fingerprint density at radius 1 is 1.20 bits per heavy atom. The van der Waals surface area contributed by atoms with Crippen LogP contribution in [-0.4, -0.2) is 47.1 Å². The quantitative estimate of drug-likeness (QED) is 0.634. The predicted octanol–water partition coefficient (Wildman–Crippen LogP) is 1.54. The Morgan fingerprint density at radius 3 is 2.67 bits per heavy atom. The molecule has 9 nitrogen and oxygen atoms in total. The monoisotopic (exact) mass is 429 g/mol. The summed E-state index contributed by atoms with van der Waals surface area (Å²) in [6.07, 6.45) is 4.23. The van der Waals surface area contributed by atoms with Crippen molar-refractivity contribution in [3.8, 4) is 0 Å². The lowest BCUT2D eigenvalue weighted by Crippen LogP contribution is -2.46. The molecule has 158 valence electrons. The lowest BCUT2D eigenvalue weighted by molar-refractivity contribution is -0.146. The van der Waals surface area contributed by atoms with E-state index in [4.69, 9.17) is 5.73 Å². The van der Waals surface area contributed by atoms with Gasteiger partial charge in [0, 0.05) is 24.7 Å². The number of pyridine rings is 1. The van der Waals surface area contributed by atoms with Crippen molar-refractivity contribution in [3.63, 3.8) is 0 Å². The Labute approximate surface area is 177 Å². The van der Waals surface area contributed by atoms with Crippen molar-refractivity contribution in [2.75, 3.05) is 18.9 Å². The second-order valence-electron chi connectivity index (χ2n) is 7.22. The molecular weight excluding hydrogens is 406 g/mol. The molecule has 0 saturated carbocycles. The number of anilines is 1. The summed E-state index contributed by atoms with van der Waals surface area (Å²) in [5.74, 6) is -2.12. The van der Waals surface area contributed by atoms with E-state index in [0.717, 1.165) is 11.3 Å². The van der Waals surface area contributed by atoms with Crippen molar-refractivity contribution >= 4 is 40.7 Å². The van der Waals surface area contributed by atoms with Crippen molar-refractivity contribution in [3.05, 3.63) is 45.9 Å². The average Bonchev–Trinajstić information content (AvgIpc) is 3.22. The van der Waals surface area contributed by atoms with Gasteiger partial charge in [-0.25, -0.2) is 0 Å². The summed E-state index contributed by atoms with van der Waals surface area (Å²) >= 11 is 1.32. The van der Waals surface area contributed by atoms with Gasteiger partial charge >= 0.3 is 11.8 Å². The highest BCUT2D eigenvalue weighted by Gasteiger charge is 2.35. The van der Waals surface area contributed by atoms with E-state index in [1.54, 1.807) is 18.0 Å². The van der Waals surface area contributed by atoms with E-state index in [1.807, 2.05) is 13.0 Å². The maximum absolute atomic E-state index is 13.0. The summed E-state index contributed by atoms with van der Waals surface area (Å²) in [5.41, 5.74) is 5.57. The number of carbonyl (C=O) groups excluding carboxylic acids is 4. The van der Waals surface area contributed by atoms with E-state index in [0.29, 0.717) is 17.8 Å². The van der Waals surface area contributed by atoms with E-state index >= 15 is 0 Å². The predicted molar refractivity (Wildman–Crippen MR) is 112 cm³/mol. The van der Waals surface area contributed by atoms with Crippen LogP contribution in [0.2, 0.25) is 0 Å². The number of rotatable bonds is 4. The van der Waals surface area contributed by atoms with Gasteiger partial charge in [0.15, 0.2) is 0 Å². The molecule has 2 aromatic rings. The first-order valence-corrected chi connectivity index (χ1v) is 10.3. The Hall–Kier alpha value is -3.27. The molecule has 10 heteroatoms. The number of thiophene rings is 1. The van der Waals surface area contributed by atoms with Crippen molar-refractivity contribution in [1.29, 1.82) is 0 Å². The molecule has 1 aliphatic heterocycles. The van der Waals surface area contributed by atoms with Crippen LogP contribution in [0.4, 0.5) is 5.69 Å². The molecule has 30 heavy (non-hydrogen) atoms. The molecule has 0 bridgehead atoms. The summed E-state index contributed by atoms with van der Waals surface area (Å²) in [5, 5.41) is 5.08. The molecule has 3 rings (SSSR count). The smallest absolute Gasteiger partial charge is 0.313 e. The molecule has 2 atom stereocenters. The first-order chi connectivity index (χ1) is 14.3. The fourth-order valence-corrected chi connectivity index (χ4v) is 4.51. The van der Waals surface area contributed by atoms with Gasteiger partial charge in [-0.3, -0.25) is 24.2 Å². The van der Waals surface area contributed by atoms with Crippen molar-refractivity contribution in [2.24, 2.45) is 11.7 Å². The van der Waals surface area contributed by atoms with Gasteiger partial charge in [0.05, 0.1) is 28.4 Å². The lowest BCUT2D eigenvalue weighted by Gasteiger charge is -2.37. The SMILES string of the molecule is CNC(=O)c1ccc([C@H]2CC[C@H](C)CN2C(=O)C(=O)Nc2cncc(C(N)=O)c2)s1. The minimum Gasteiger partial charge on any atom is -0.366 e. The molecule has 0 aromatic carbocycles. The third kappa shape index (κ3) is 4.65.